The molecule has 1 saturated carbocycles. The van der Waals surface area contributed by atoms with Gasteiger partial charge in [-0.3, -0.25) is 0 Å². The maximum absolute atomic E-state index is 6.17. The van der Waals surface area contributed by atoms with E-state index in [0.717, 1.165) is 40.1 Å². The fourth-order valence-corrected chi connectivity index (χ4v) is 3.28. The van der Waals surface area contributed by atoms with Gasteiger partial charge in [-0.1, -0.05) is 0 Å². The molecule has 1 aliphatic heterocycles. The van der Waals surface area contributed by atoms with Crippen molar-refractivity contribution >= 4 is 15.9 Å². The van der Waals surface area contributed by atoms with Gasteiger partial charge in [0.1, 0.15) is 5.75 Å². The van der Waals surface area contributed by atoms with E-state index < -0.39 is 0 Å². The van der Waals surface area contributed by atoms with Gasteiger partial charge in [0.05, 0.1) is 11.6 Å². The quantitative estimate of drug-likeness (QED) is 0.932. The summed E-state index contributed by atoms with van der Waals surface area (Å²) >= 11 is 3.53. The highest BCUT2D eigenvalue weighted by Crippen LogP contribution is 2.60. The zero-order valence-electron chi connectivity index (χ0n) is 10.5. The summed E-state index contributed by atoms with van der Waals surface area (Å²) in [4.78, 5) is 0. The molecule has 0 saturated heterocycles. The highest BCUT2D eigenvalue weighted by Gasteiger charge is 2.52. The van der Waals surface area contributed by atoms with E-state index in [1.165, 1.54) is 0 Å². The molecule has 1 unspecified atom stereocenters. The zero-order valence-corrected chi connectivity index (χ0v) is 12.0. The summed E-state index contributed by atoms with van der Waals surface area (Å²) in [6, 6.07) is 1.95. The second kappa shape index (κ2) is 4.03. The van der Waals surface area contributed by atoms with Crippen LogP contribution in [0.15, 0.2) is 10.5 Å². The lowest BCUT2D eigenvalue weighted by Crippen LogP contribution is -2.32. The maximum atomic E-state index is 6.17. The van der Waals surface area contributed by atoms with Crippen LogP contribution in [-0.2, 0) is 5.41 Å². The van der Waals surface area contributed by atoms with Gasteiger partial charge < -0.3 is 19.9 Å². The maximum Gasteiger partial charge on any atom is 0.231 e. The van der Waals surface area contributed by atoms with Gasteiger partial charge in [0.25, 0.3) is 0 Å². The normalized spacial score (nSPS) is 20.7. The van der Waals surface area contributed by atoms with Crippen LogP contribution in [-0.4, -0.2) is 19.9 Å². The lowest BCUT2D eigenvalue weighted by molar-refractivity contribution is 0.172. The lowest BCUT2D eigenvalue weighted by atomic mass is 9.87. The number of fused-ring (bicyclic) bond motifs is 1. The molecule has 0 aromatic heterocycles. The molecule has 1 heterocycles. The number of hydrogen-bond donors (Lipinski definition) is 1. The molecule has 0 bridgehead atoms. The van der Waals surface area contributed by atoms with E-state index in [0.29, 0.717) is 0 Å². The van der Waals surface area contributed by atoms with Crippen LogP contribution in [0, 0.1) is 0 Å². The molecule has 0 amide bonds. The van der Waals surface area contributed by atoms with Crippen molar-refractivity contribution in [2.24, 2.45) is 5.73 Å². The van der Waals surface area contributed by atoms with E-state index in [-0.39, 0.29) is 18.2 Å². The van der Waals surface area contributed by atoms with E-state index in [1.54, 1.807) is 7.11 Å². The Morgan fingerprint density at radius 3 is 2.72 bits per heavy atom. The van der Waals surface area contributed by atoms with Crippen molar-refractivity contribution in [2.45, 2.75) is 31.2 Å². The second-order valence-corrected chi connectivity index (χ2v) is 5.80. The summed E-state index contributed by atoms with van der Waals surface area (Å²) in [5.41, 5.74) is 7.19. The highest BCUT2D eigenvalue weighted by molar-refractivity contribution is 9.10. The minimum Gasteiger partial charge on any atom is -0.495 e. The molecule has 4 nitrogen and oxygen atoms in total. The second-order valence-electron chi connectivity index (χ2n) is 4.95. The number of ether oxygens (including phenoxy) is 3. The van der Waals surface area contributed by atoms with Gasteiger partial charge in [-0.2, -0.15) is 0 Å². The molecule has 18 heavy (non-hydrogen) atoms. The first-order valence-corrected chi connectivity index (χ1v) is 6.81. The van der Waals surface area contributed by atoms with Crippen LogP contribution < -0.4 is 19.9 Å². The summed E-state index contributed by atoms with van der Waals surface area (Å²) in [6.45, 7) is 2.30. The van der Waals surface area contributed by atoms with E-state index in [2.05, 4.69) is 15.9 Å². The van der Waals surface area contributed by atoms with Crippen LogP contribution in [0.2, 0.25) is 0 Å². The molecule has 1 atom stereocenters. The molecule has 3 rings (SSSR count). The summed E-state index contributed by atoms with van der Waals surface area (Å²) in [5, 5.41) is 0. The van der Waals surface area contributed by atoms with Crippen LogP contribution >= 0.6 is 15.9 Å². The summed E-state index contributed by atoms with van der Waals surface area (Å²) in [5.74, 6) is 2.38. The van der Waals surface area contributed by atoms with Crippen LogP contribution in [0.4, 0.5) is 0 Å². The van der Waals surface area contributed by atoms with Crippen molar-refractivity contribution in [2.75, 3.05) is 13.9 Å². The monoisotopic (exact) mass is 313 g/mol. The topological polar surface area (TPSA) is 53.7 Å². The Morgan fingerprint density at radius 2 is 2.17 bits per heavy atom. The number of halogens is 1. The third kappa shape index (κ3) is 1.53. The van der Waals surface area contributed by atoms with Crippen LogP contribution in [0.3, 0.4) is 0 Å². The standard InChI is InChI=1S/C13H16BrNO3/c1-7(15)13(3-4-13)10-11(16-2)8(14)5-9-12(10)18-6-17-9/h5,7H,3-4,6,15H2,1-2H3. The Labute approximate surface area is 115 Å². The predicted octanol–water partition coefficient (Wildman–Crippen LogP) is 2.57. The van der Waals surface area contributed by atoms with E-state index in [4.69, 9.17) is 19.9 Å². The van der Waals surface area contributed by atoms with Gasteiger partial charge in [-0.05, 0) is 35.7 Å². The van der Waals surface area contributed by atoms with E-state index in [1.807, 2.05) is 13.0 Å². The Morgan fingerprint density at radius 1 is 1.44 bits per heavy atom. The summed E-state index contributed by atoms with van der Waals surface area (Å²) in [6.07, 6.45) is 2.13. The first-order valence-electron chi connectivity index (χ1n) is 6.02. The lowest BCUT2D eigenvalue weighted by Gasteiger charge is -2.24. The van der Waals surface area contributed by atoms with Crippen LogP contribution in [0.25, 0.3) is 0 Å². The molecular weight excluding hydrogens is 298 g/mol. The fraction of sp³-hybridized carbons (Fsp3) is 0.538. The number of hydrogen-bond acceptors (Lipinski definition) is 4. The van der Waals surface area contributed by atoms with Crippen molar-refractivity contribution in [1.29, 1.82) is 0 Å². The average Bonchev–Trinajstić information content (AvgIpc) is 3.01. The summed E-state index contributed by atoms with van der Waals surface area (Å²) in [7, 11) is 1.67. The SMILES string of the molecule is COc1c(Br)cc2c(c1C1(C(C)N)CC1)OCO2. The summed E-state index contributed by atoms with van der Waals surface area (Å²) < 4.78 is 17.5. The molecule has 1 aromatic rings. The molecule has 1 fully saturated rings. The third-order valence-corrected chi connectivity index (χ3v) is 4.52. The molecule has 2 N–H and O–H groups in total. The molecule has 1 aliphatic carbocycles. The molecule has 98 valence electrons. The van der Waals surface area contributed by atoms with Crippen LogP contribution in [0.1, 0.15) is 25.3 Å². The minimum atomic E-state index is -0.0348. The van der Waals surface area contributed by atoms with E-state index >= 15 is 0 Å². The van der Waals surface area contributed by atoms with Crippen molar-refractivity contribution in [3.63, 3.8) is 0 Å². The largest absolute Gasteiger partial charge is 0.495 e. The Balaban J connectivity index is 2.24. The molecule has 0 radical (unpaired) electrons. The predicted molar refractivity (Wildman–Crippen MR) is 71.4 cm³/mol. The van der Waals surface area contributed by atoms with Gasteiger partial charge >= 0.3 is 0 Å². The first kappa shape index (κ1) is 12.1. The van der Waals surface area contributed by atoms with Crippen molar-refractivity contribution in [3.8, 4) is 17.2 Å². The Bertz CT molecular complexity index is 494. The third-order valence-electron chi connectivity index (χ3n) is 3.93. The van der Waals surface area contributed by atoms with Gasteiger partial charge in [0, 0.05) is 23.1 Å². The van der Waals surface area contributed by atoms with Crippen molar-refractivity contribution in [1.82, 2.24) is 0 Å². The number of nitrogens with two attached hydrogens (primary N) is 1. The molecule has 1 aromatic carbocycles. The van der Waals surface area contributed by atoms with Crippen LogP contribution in [0.5, 0.6) is 17.2 Å². The van der Waals surface area contributed by atoms with Gasteiger partial charge in [0.15, 0.2) is 11.5 Å². The molecule has 0 spiro atoms. The minimum absolute atomic E-state index is 0.0348. The first-order chi connectivity index (χ1) is 8.60. The average molecular weight is 314 g/mol. The Kier molecular flexibility index (Phi) is 2.71. The molecule has 5 heteroatoms. The molecule has 2 aliphatic rings. The highest BCUT2D eigenvalue weighted by atomic mass is 79.9. The smallest absolute Gasteiger partial charge is 0.231 e. The molecular formula is C13H16BrNO3. The van der Waals surface area contributed by atoms with E-state index in [9.17, 15) is 0 Å². The fourth-order valence-electron chi connectivity index (χ4n) is 2.71. The van der Waals surface area contributed by atoms with Crippen molar-refractivity contribution < 1.29 is 14.2 Å². The van der Waals surface area contributed by atoms with Gasteiger partial charge in [-0.15, -0.1) is 0 Å². The number of methoxy groups -OCH3 is 1. The van der Waals surface area contributed by atoms with Gasteiger partial charge in [0.2, 0.25) is 6.79 Å². The van der Waals surface area contributed by atoms with Crippen molar-refractivity contribution in [3.05, 3.63) is 16.1 Å². The number of benzene rings is 1. The van der Waals surface area contributed by atoms with Gasteiger partial charge in [-0.25, -0.2) is 0 Å². The zero-order chi connectivity index (χ0) is 12.9. The number of rotatable bonds is 3. The Hall–Kier alpha value is -0.940.